The van der Waals surface area contributed by atoms with E-state index in [0.29, 0.717) is 6.07 Å². The minimum absolute atomic E-state index is 0.0628. The predicted molar refractivity (Wildman–Crippen MR) is 44.0 cm³/mol. The van der Waals surface area contributed by atoms with Crippen LogP contribution in [0.1, 0.15) is 18.9 Å². The van der Waals surface area contributed by atoms with Crippen molar-refractivity contribution in [3.63, 3.8) is 0 Å². The number of nitrogens with zero attached hydrogens (tertiary/aromatic N) is 2. The molecule has 1 rings (SSSR count). The van der Waals surface area contributed by atoms with Crippen LogP contribution in [0.2, 0.25) is 0 Å². The van der Waals surface area contributed by atoms with Gasteiger partial charge in [0.25, 0.3) is 6.30 Å². The lowest BCUT2D eigenvalue weighted by Crippen LogP contribution is -2.19. The Morgan fingerprint density at radius 2 is 2.25 bits per heavy atom. The summed E-state index contributed by atoms with van der Waals surface area (Å²) in [6, 6.07) is 0.575. The normalized spacial score (nSPS) is 13.6. The molecular weight excluding hydrogens is 232 g/mol. The maximum absolute atomic E-state index is 13.2. The van der Waals surface area contributed by atoms with Gasteiger partial charge in [-0.2, -0.15) is 18.3 Å². The van der Waals surface area contributed by atoms with Crippen molar-refractivity contribution in [3.8, 4) is 0 Å². The SMILES string of the molecule is CCOC(=O)C(F)n1ccc(C(F)(F)F)n1. The molecule has 90 valence electrons. The third-order valence-corrected chi connectivity index (χ3v) is 1.61. The van der Waals surface area contributed by atoms with Crippen molar-refractivity contribution >= 4 is 5.97 Å². The molecular formula is C8H8F4N2O2. The van der Waals surface area contributed by atoms with E-state index >= 15 is 0 Å². The van der Waals surface area contributed by atoms with Crippen LogP contribution in [0.15, 0.2) is 12.3 Å². The molecule has 0 aliphatic carbocycles. The predicted octanol–water partition coefficient (Wildman–Crippen LogP) is 1.93. The third kappa shape index (κ3) is 2.71. The molecule has 0 fully saturated rings. The molecule has 0 N–H and O–H groups in total. The minimum atomic E-state index is -4.67. The van der Waals surface area contributed by atoms with Crippen LogP contribution in [0.25, 0.3) is 0 Å². The van der Waals surface area contributed by atoms with Crippen LogP contribution in [-0.4, -0.2) is 22.4 Å². The molecule has 16 heavy (non-hydrogen) atoms. The highest BCUT2D eigenvalue weighted by Crippen LogP contribution is 2.28. The van der Waals surface area contributed by atoms with Crippen LogP contribution in [-0.2, 0) is 15.7 Å². The highest BCUT2D eigenvalue weighted by Gasteiger charge is 2.35. The first kappa shape index (κ1) is 12.5. The lowest BCUT2D eigenvalue weighted by Gasteiger charge is -2.07. The van der Waals surface area contributed by atoms with Crippen LogP contribution in [0, 0.1) is 0 Å². The summed E-state index contributed by atoms with van der Waals surface area (Å²) < 4.78 is 54.0. The summed E-state index contributed by atoms with van der Waals surface area (Å²) in [6.07, 6.45) is -6.31. The molecule has 0 bridgehead atoms. The number of aromatic nitrogens is 2. The van der Waals surface area contributed by atoms with E-state index in [9.17, 15) is 22.4 Å². The summed E-state index contributed by atoms with van der Waals surface area (Å²) in [6.45, 7) is 1.39. The summed E-state index contributed by atoms with van der Waals surface area (Å²) >= 11 is 0. The van der Waals surface area contributed by atoms with E-state index in [-0.39, 0.29) is 11.3 Å². The topological polar surface area (TPSA) is 44.1 Å². The number of hydrogen-bond acceptors (Lipinski definition) is 3. The molecule has 0 aromatic carbocycles. The number of esters is 1. The van der Waals surface area contributed by atoms with Gasteiger partial charge in [0.1, 0.15) is 0 Å². The molecule has 1 aromatic heterocycles. The van der Waals surface area contributed by atoms with Gasteiger partial charge in [-0.1, -0.05) is 0 Å². The molecule has 0 amide bonds. The van der Waals surface area contributed by atoms with Gasteiger partial charge in [0.05, 0.1) is 6.61 Å². The fourth-order valence-corrected chi connectivity index (χ4v) is 0.934. The molecule has 0 aliphatic heterocycles. The molecule has 1 heterocycles. The first-order chi connectivity index (χ1) is 7.36. The lowest BCUT2D eigenvalue weighted by atomic mass is 10.4. The number of carbonyl (C=O) groups excluding carboxylic acids is 1. The Kier molecular flexibility index (Phi) is 3.51. The summed E-state index contributed by atoms with van der Waals surface area (Å²) in [5.74, 6) is -1.28. The first-order valence-electron chi connectivity index (χ1n) is 4.29. The number of carbonyl (C=O) groups is 1. The zero-order chi connectivity index (χ0) is 12.3. The molecule has 1 aromatic rings. The summed E-state index contributed by atoms with van der Waals surface area (Å²) in [7, 11) is 0. The van der Waals surface area contributed by atoms with E-state index in [4.69, 9.17) is 0 Å². The van der Waals surface area contributed by atoms with Gasteiger partial charge >= 0.3 is 12.1 Å². The van der Waals surface area contributed by atoms with Gasteiger partial charge in [0.2, 0.25) is 0 Å². The smallest absolute Gasteiger partial charge is 0.435 e. The Bertz CT molecular complexity index is 374. The second-order valence-corrected chi connectivity index (χ2v) is 2.77. The molecule has 0 aliphatic rings. The van der Waals surface area contributed by atoms with Crippen molar-refractivity contribution in [2.24, 2.45) is 0 Å². The van der Waals surface area contributed by atoms with Crippen LogP contribution in [0.5, 0.6) is 0 Å². The van der Waals surface area contributed by atoms with Crippen LogP contribution in [0.3, 0.4) is 0 Å². The number of hydrogen-bond donors (Lipinski definition) is 0. The standard InChI is InChI=1S/C8H8F4N2O2/c1-2-16-7(15)6(9)14-4-3-5(13-14)8(10,11)12/h3-4,6H,2H2,1H3. The molecule has 0 radical (unpaired) electrons. The molecule has 1 unspecified atom stereocenters. The monoisotopic (exact) mass is 240 g/mol. The fraction of sp³-hybridized carbons (Fsp3) is 0.500. The van der Waals surface area contributed by atoms with Crippen molar-refractivity contribution in [1.82, 2.24) is 9.78 Å². The fourth-order valence-electron chi connectivity index (χ4n) is 0.934. The Morgan fingerprint density at radius 1 is 1.62 bits per heavy atom. The average Bonchev–Trinajstić information content (AvgIpc) is 2.65. The summed E-state index contributed by atoms with van der Waals surface area (Å²) in [5.41, 5.74) is -1.26. The van der Waals surface area contributed by atoms with Crippen LogP contribution in [0.4, 0.5) is 17.6 Å². The number of alkyl halides is 4. The van der Waals surface area contributed by atoms with E-state index in [2.05, 4.69) is 9.84 Å². The Morgan fingerprint density at radius 3 is 2.69 bits per heavy atom. The lowest BCUT2D eigenvalue weighted by molar-refractivity contribution is -0.154. The largest absolute Gasteiger partial charge is 0.462 e. The highest BCUT2D eigenvalue weighted by molar-refractivity contribution is 5.72. The molecule has 0 saturated heterocycles. The van der Waals surface area contributed by atoms with Crippen molar-refractivity contribution in [3.05, 3.63) is 18.0 Å². The maximum Gasteiger partial charge on any atom is 0.435 e. The number of ether oxygens (including phenoxy) is 1. The number of rotatable bonds is 3. The van der Waals surface area contributed by atoms with Crippen molar-refractivity contribution in [2.75, 3.05) is 6.61 Å². The van der Waals surface area contributed by atoms with E-state index in [1.807, 2.05) is 0 Å². The van der Waals surface area contributed by atoms with E-state index in [1.165, 1.54) is 6.92 Å². The maximum atomic E-state index is 13.2. The van der Waals surface area contributed by atoms with Crippen molar-refractivity contribution in [2.45, 2.75) is 19.4 Å². The molecule has 4 nitrogen and oxygen atoms in total. The number of halogens is 4. The molecule has 1 atom stereocenters. The van der Waals surface area contributed by atoms with Gasteiger partial charge in [0.15, 0.2) is 5.69 Å². The molecule has 0 spiro atoms. The minimum Gasteiger partial charge on any atom is -0.462 e. The third-order valence-electron chi connectivity index (χ3n) is 1.61. The second-order valence-electron chi connectivity index (χ2n) is 2.77. The first-order valence-corrected chi connectivity index (χ1v) is 4.29. The highest BCUT2D eigenvalue weighted by atomic mass is 19.4. The summed E-state index contributed by atoms with van der Waals surface area (Å²) in [5, 5.41) is 2.90. The second kappa shape index (κ2) is 4.50. The van der Waals surface area contributed by atoms with Crippen molar-refractivity contribution < 1.29 is 27.1 Å². The summed E-state index contributed by atoms with van der Waals surface area (Å²) in [4.78, 5) is 10.9. The van der Waals surface area contributed by atoms with Crippen molar-refractivity contribution in [1.29, 1.82) is 0 Å². The Labute approximate surface area is 87.8 Å². The van der Waals surface area contributed by atoms with Gasteiger partial charge in [-0.15, -0.1) is 0 Å². The van der Waals surface area contributed by atoms with Gasteiger partial charge in [-0.3, -0.25) is 0 Å². The Balaban J connectivity index is 2.82. The average molecular weight is 240 g/mol. The van der Waals surface area contributed by atoms with E-state index in [1.54, 1.807) is 0 Å². The van der Waals surface area contributed by atoms with Crippen LogP contribution >= 0.6 is 0 Å². The van der Waals surface area contributed by atoms with Gasteiger partial charge in [0, 0.05) is 6.20 Å². The molecule has 8 heteroatoms. The van der Waals surface area contributed by atoms with Crippen LogP contribution < -0.4 is 0 Å². The zero-order valence-electron chi connectivity index (χ0n) is 8.16. The zero-order valence-corrected chi connectivity index (χ0v) is 8.16. The van der Waals surface area contributed by atoms with E-state index in [0.717, 1.165) is 6.20 Å². The molecule has 0 saturated carbocycles. The Hall–Kier alpha value is -1.60. The van der Waals surface area contributed by atoms with E-state index < -0.39 is 24.1 Å². The quantitative estimate of drug-likeness (QED) is 0.599. The van der Waals surface area contributed by atoms with Gasteiger partial charge < -0.3 is 4.74 Å². The van der Waals surface area contributed by atoms with Gasteiger partial charge in [-0.05, 0) is 13.0 Å². The van der Waals surface area contributed by atoms with Gasteiger partial charge in [-0.25, -0.2) is 13.9 Å².